The van der Waals surface area contributed by atoms with Crippen molar-refractivity contribution in [2.24, 2.45) is 5.92 Å². The monoisotopic (exact) mass is 277 g/mol. The third-order valence-electron chi connectivity index (χ3n) is 3.03. The molecule has 7 heteroatoms. The van der Waals surface area contributed by atoms with E-state index in [-0.39, 0.29) is 0 Å². The predicted octanol–water partition coefficient (Wildman–Crippen LogP) is 1.09. The van der Waals surface area contributed by atoms with Gasteiger partial charge in [0.25, 0.3) is 0 Å². The average molecular weight is 277 g/mol. The summed E-state index contributed by atoms with van der Waals surface area (Å²) >= 11 is 0. The molecule has 1 aliphatic rings. The van der Waals surface area contributed by atoms with Crippen LogP contribution in [0.3, 0.4) is 0 Å². The molecule has 1 atom stereocenters. The summed E-state index contributed by atoms with van der Waals surface area (Å²) in [5.74, 6) is -1.52. The van der Waals surface area contributed by atoms with Gasteiger partial charge in [0.05, 0.1) is 19.0 Å². The maximum Gasteiger partial charge on any atom is 0.335 e. The number of carbonyl (C=O) groups excluding carboxylic acids is 3. The van der Waals surface area contributed by atoms with Crippen molar-refractivity contribution in [2.45, 2.75) is 19.8 Å². The fourth-order valence-corrected chi connectivity index (χ4v) is 2.03. The maximum atomic E-state index is 12.3. The first-order valence-corrected chi connectivity index (χ1v) is 6.27. The van der Waals surface area contributed by atoms with Crippen LogP contribution >= 0.6 is 0 Å². The number of hydrogen-bond acceptors (Lipinski definition) is 5. The van der Waals surface area contributed by atoms with Gasteiger partial charge in [-0.2, -0.15) is 0 Å². The number of urea groups is 1. The molecule has 7 nitrogen and oxygen atoms in total. The first-order valence-electron chi connectivity index (χ1n) is 6.27. The lowest BCUT2D eigenvalue weighted by Gasteiger charge is -2.29. The molecule has 0 saturated carbocycles. The Morgan fingerprint density at radius 3 is 2.65 bits per heavy atom. The maximum absolute atomic E-state index is 12.3. The molecule has 1 N–H and O–H groups in total. The molecule has 0 aromatic carbocycles. The highest BCUT2D eigenvalue weighted by molar-refractivity contribution is 6.27. The van der Waals surface area contributed by atoms with Gasteiger partial charge in [-0.1, -0.05) is 13.3 Å². The molecule has 1 fully saturated rings. The Kier molecular flexibility index (Phi) is 3.97. The number of carbonyl (C=O) groups is 3. The number of barbiturate groups is 1. The van der Waals surface area contributed by atoms with Crippen molar-refractivity contribution in [3.63, 3.8) is 0 Å². The molecule has 1 aromatic rings. The van der Waals surface area contributed by atoms with E-state index in [1.165, 1.54) is 13.3 Å². The number of nitrogens with one attached hydrogen (secondary N) is 1. The van der Waals surface area contributed by atoms with Gasteiger partial charge in [0.2, 0.25) is 17.7 Å². The van der Waals surface area contributed by atoms with Crippen LogP contribution in [0.2, 0.25) is 0 Å². The van der Waals surface area contributed by atoms with Crippen molar-refractivity contribution in [3.8, 4) is 5.88 Å². The van der Waals surface area contributed by atoms with Crippen LogP contribution in [0.5, 0.6) is 5.88 Å². The highest BCUT2D eigenvalue weighted by atomic mass is 16.5. The Morgan fingerprint density at radius 1 is 1.35 bits per heavy atom. The lowest BCUT2D eigenvalue weighted by atomic mass is 9.99. The molecule has 2 rings (SSSR count). The largest absolute Gasteiger partial charge is 0.481 e. The summed E-state index contributed by atoms with van der Waals surface area (Å²) in [7, 11) is 1.47. The van der Waals surface area contributed by atoms with E-state index in [2.05, 4.69) is 10.3 Å². The summed E-state index contributed by atoms with van der Waals surface area (Å²) in [6.45, 7) is 1.87. The molecular weight excluding hydrogens is 262 g/mol. The van der Waals surface area contributed by atoms with Crippen LogP contribution in [-0.4, -0.2) is 29.9 Å². The number of amides is 4. The van der Waals surface area contributed by atoms with Crippen LogP contribution in [-0.2, 0) is 9.59 Å². The molecular formula is C13H15N3O4. The summed E-state index contributed by atoms with van der Waals surface area (Å²) in [6, 6.07) is 2.34. The Labute approximate surface area is 115 Å². The predicted molar refractivity (Wildman–Crippen MR) is 70.2 cm³/mol. The lowest BCUT2D eigenvalue weighted by molar-refractivity contribution is -0.134. The first-order chi connectivity index (χ1) is 9.58. The molecule has 106 valence electrons. The number of imide groups is 2. The summed E-state index contributed by atoms with van der Waals surface area (Å²) in [5, 5.41) is 2.19. The van der Waals surface area contributed by atoms with Gasteiger partial charge >= 0.3 is 6.03 Å². The molecule has 1 aromatic heterocycles. The van der Waals surface area contributed by atoms with Crippen LogP contribution < -0.4 is 15.0 Å². The van der Waals surface area contributed by atoms with Crippen LogP contribution in [0.25, 0.3) is 0 Å². The Morgan fingerprint density at radius 2 is 2.10 bits per heavy atom. The van der Waals surface area contributed by atoms with Crippen molar-refractivity contribution in [2.75, 3.05) is 12.0 Å². The number of hydrogen-bond donors (Lipinski definition) is 1. The minimum absolute atomic E-state index is 0.307. The van der Waals surface area contributed by atoms with Crippen molar-refractivity contribution >= 4 is 23.5 Å². The van der Waals surface area contributed by atoms with Crippen molar-refractivity contribution in [3.05, 3.63) is 18.3 Å². The topological polar surface area (TPSA) is 88.6 Å². The second-order valence-electron chi connectivity index (χ2n) is 4.37. The highest BCUT2D eigenvalue weighted by Gasteiger charge is 2.40. The zero-order valence-corrected chi connectivity index (χ0v) is 11.3. The van der Waals surface area contributed by atoms with Crippen molar-refractivity contribution in [1.29, 1.82) is 0 Å². The van der Waals surface area contributed by atoms with E-state index in [0.29, 0.717) is 24.4 Å². The van der Waals surface area contributed by atoms with E-state index < -0.39 is 23.8 Å². The molecule has 0 radical (unpaired) electrons. The molecule has 20 heavy (non-hydrogen) atoms. The highest BCUT2D eigenvalue weighted by Crippen LogP contribution is 2.23. The number of methoxy groups -OCH3 is 1. The molecule has 1 unspecified atom stereocenters. The summed E-state index contributed by atoms with van der Waals surface area (Å²) in [4.78, 5) is 40.7. The number of nitrogens with zero attached hydrogens (tertiary/aromatic N) is 2. The first kappa shape index (κ1) is 14.0. The van der Waals surface area contributed by atoms with E-state index in [0.717, 1.165) is 4.90 Å². The molecule has 4 amide bonds. The molecule has 2 heterocycles. The van der Waals surface area contributed by atoms with Crippen LogP contribution in [0, 0.1) is 5.92 Å². The molecule has 1 aliphatic heterocycles. The third kappa shape index (κ3) is 2.47. The lowest BCUT2D eigenvalue weighted by Crippen LogP contribution is -2.58. The van der Waals surface area contributed by atoms with Gasteiger partial charge in [-0.3, -0.25) is 14.9 Å². The molecule has 1 saturated heterocycles. The second kappa shape index (κ2) is 5.68. The van der Waals surface area contributed by atoms with Crippen LogP contribution in [0.4, 0.5) is 10.5 Å². The fourth-order valence-electron chi connectivity index (χ4n) is 2.03. The third-order valence-corrected chi connectivity index (χ3v) is 3.03. The van der Waals surface area contributed by atoms with Crippen LogP contribution in [0.1, 0.15) is 19.8 Å². The van der Waals surface area contributed by atoms with E-state index in [1.807, 2.05) is 6.92 Å². The molecule has 0 spiro atoms. The smallest absolute Gasteiger partial charge is 0.335 e. The van der Waals surface area contributed by atoms with Gasteiger partial charge in [-0.25, -0.2) is 14.7 Å². The van der Waals surface area contributed by atoms with E-state index in [1.54, 1.807) is 12.1 Å². The Bertz CT molecular complexity index is 541. The molecule has 0 bridgehead atoms. The minimum atomic E-state index is -0.834. The summed E-state index contributed by atoms with van der Waals surface area (Å²) in [5.41, 5.74) is 0.307. The van der Waals surface area contributed by atoms with Gasteiger partial charge in [-0.15, -0.1) is 0 Å². The van der Waals surface area contributed by atoms with Gasteiger partial charge < -0.3 is 4.74 Å². The molecule has 0 aliphatic carbocycles. The fraction of sp³-hybridized carbons (Fsp3) is 0.385. The van der Waals surface area contributed by atoms with Gasteiger partial charge in [0.1, 0.15) is 5.92 Å². The van der Waals surface area contributed by atoms with Crippen molar-refractivity contribution in [1.82, 2.24) is 10.3 Å². The second-order valence-corrected chi connectivity index (χ2v) is 4.37. The number of anilines is 1. The SMILES string of the molecule is CCCC1C(=O)NC(=O)N(c2ccc(OC)nc2)C1=O. The summed E-state index contributed by atoms with van der Waals surface area (Å²) < 4.78 is 4.92. The van der Waals surface area contributed by atoms with Gasteiger partial charge in [0, 0.05) is 6.07 Å². The zero-order valence-electron chi connectivity index (χ0n) is 11.3. The number of ether oxygens (including phenoxy) is 1. The zero-order chi connectivity index (χ0) is 14.7. The average Bonchev–Trinajstić information content (AvgIpc) is 2.44. The number of rotatable bonds is 4. The van der Waals surface area contributed by atoms with Crippen molar-refractivity contribution < 1.29 is 19.1 Å². The normalized spacial score (nSPS) is 19.0. The Balaban J connectivity index is 2.30. The standard InChI is InChI=1S/C13H15N3O4/c1-3-4-9-11(17)15-13(19)16(12(9)18)8-5-6-10(20-2)14-7-8/h5-7,9H,3-4H2,1-2H3,(H,15,17,19). The number of aromatic nitrogens is 1. The van der Waals surface area contributed by atoms with Crippen LogP contribution in [0.15, 0.2) is 18.3 Å². The minimum Gasteiger partial charge on any atom is -0.481 e. The quantitative estimate of drug-likeness (QED) is 0.832. The number of pyridine rings is 1. The van der Waals surface area contributed by atoms with E-state index in [9.17, 15) is 14.4 Å². The van der Waals surface area contributed by atoms with Gasteiger partial charge in [-0.05, 0) is 12.5 Å². The van der Waals surface area contributed by atoms with Gasteiger partial charge in [0.15, 0.2) is 0 Å². The van der Waals surface area contributed by atoms with E-state index >= 15 is 0 Å². The van der Waals surface area contributed by atoms with E-state index in [4.69, 9.17) is 4.74 Å². The summed E-state index contributed by atoms with van der Waals surface area (Å²) in [6.07, 6.45) is 2.43. The Hall–Kier alpha value is -2.44.